The Labute approximate surface area is 102 Å². The van der Waals surface area contributed by atoms with E-state index in [1.807, 2.05) is 0 Å². The van der Waals surface area contributed by atoms with Gasteiger partial charge in [0.15, 0.2) is 0 Å². The summed E-state index contributed by atoms with van der Waals surface area (Å²) >= 11 is 5.79. The van der Waals surface area contributed by atoms with Crippen molar-refractivity contribution in [3.05, 3.63) is 34.6 Å². The van der Waals surface area contributed by atoms with E-state index >= 15 is 0 Å². The van der Waals surface area contributed by atoms with Crippen molar-refractivity contribution in [2.75, 3.05) is 7.05 Å². The van der Waals surface area contributed by atoms with Gasteiger partial charge in [-0.2, -0.15) is 13.2 Å². The van der Waals surface area contributed by atoms with Crippen LogP contribution in [0.5, 0.6) is 0 Å². The molecular weight excluding hydrogens is 258 g/mol. The highest BCUT2D eigenvalue weighted by molar-refractivity contribution is 6.31. The minimum atomic E-state index is -4.26. The number of hydrogen-bond acceptors (Lipinski definition) is 1. The Hall–Kier alpha value is -0.810. The lowest BCUT2D eigenvalue weighted by atomic mass is 10.0. The molecule has 6 heteroatoms. The molecule has 0 bridgehead atoms. The molecule has 1 atom stereocenters. The molecule has 1 nitrogen and oxygen atoms in total. The Bertz CT molecular complexity index is 358. The van der Waals surface area contributed by atoms with E-state index in [0.717, 1.165) is 0 Å². The van der Waals surface area contributed by atoms with E-state index in [0.29, 0.717) is 0 Å². The molecule has 0 saturated carbocycles. The maximum atomic E-state index is 13.5. The van der Waals surface area contributed by atoms with Gasteiger partial charge in [-0.25, -0.2) is 4.39 Å². The van der Waals surface area contributed by atoms with Gasteiger partial charge in [0.2, 0.25) is 0 Å². The van der Waals surface area contributed by atoms with Crippen LogP contribution in [0.3, 0.4) is 0 Å². The normalized spacial score (nSPS) is 13.8. The number of benzene rings is 1. The highest BCUT2D eigenvalue weighted by atomic mass is 35.5. The average molecular weight is 270 g/mol. The summed E-state index contributed by atoms with van der Waals surface area (Å²) in [5.74, 6) is -0.598. The zero-order valence-electron chi connectivity index (χ0n) is 9.11. The largest absolute Gasteiger partial charge is 0.389 e. The van der Waals surface area contributed by atoms with Gasteiger partial charge in [0.1, 0.15) is 5.82 Å². The average Bonchev–Trinajstić information content (AvgIpc) is 2.21. The molecule has 0 saturated heterocycles. The van der Waals surface area contributed by atoms with Crippen LogP contribution in [0.4, 0.5) is 17.6 Å². The summed E-state index contributed by atoms with van der Waals surface area (Å²) in [7, 11) is 1.48. The molecule has 0 aliphatic heterocycles. The van der Waals surface area contributed by atoms with Gasteiger partial charge in [0.05, 0.1) is 0 Å². The van der Waals surface area contributed by atoms with E-state index in [-0.39, 0.29) is 17.0 Å². The predicted octanol–water partition coefficient (Wildman–Crippen LogP) is 4.08. The van der Waals surface area contributed by atoms with Crippen LogP contribution >= 0.6 is 11.6 Å². The van der Waals surface area contributed by atoms with Crippen molar-refractivity contribution in [2.24, 2.45) is 0 Å². The molecule has 17 heavy (non-hydrogen) atoms. The standard InChI is InChI=1S/C11H12ClF4N/c1-17-9(5-6-11(14,15)16)10-7(12)3-2-4-8(10)13/h2-4,9,17H,5-6H2,1H3. The molecule has 96 valence electrons. The van der Waals surface area contributed by atoms with Crippen molar-refractivity contribution >= 4 is 11.6 Å². The Kier molecular flexibility index (Phi) is 4.77. The molecular formula is C11H12ClF4N. The van der Waals surface area contributed by atoms with Crippen molar-refractivity contribution in [3.63, 3.8) is 0 Å². The van der Waals surface area contributed by atoms with Gasteiger partial charge in [-0.1, -0.05) is 17.7 Å². The highest BCUT2D eigenvalue weighted by Crippen LogP contribution is 2.32. The monoisotopic (exact) mass is 269 g/mol. The fourth-order valence-electron chi connectivity index (χ4n) is 1.58. The highest BCUT2D eigenvalue weighted by Gasteiger charge is 2.29. The second-order valence-corrected chi connectivity index (χ2v) is 4.04. The van der Waals surface area contributed by atoms with Gasteiger partial charge in [0, 0.05) is 23.0 Å². The Balaban J connectivity index is 2.87. The van der Waals surface area contributed by atoms with Crippen LogP contribution in [0.2, 0.25) is 5.02 Å². The van der Waals surface area contributed by atoms with Gasteiger partial charge in [-0.15, -0.1) is 0 Å². The smallest absolute Gasteiger partial charge is 0.313 e. The third-order valence-electron chi connectivity index (χ3n) is 2.41. The molecule has 0 fully saturated rings. The molecule has 0 heterocycles. The minimum Gasteiger partial charge on any atom is -0.313 e. The van der Waals surface area contributed by atoms with Crippen LogP contribution in [0.15, 0.2) is 18.2 Å². The molecule has 1 aromatic carbocycles. The van der Waals surface area contributed by atoms with Crippen LogP contribution in [-0.4, -0.2) is 13.2 Å². The van der Waals surface area contributed by atoms with Gasteiger partial charge < -0.3 is 5.32 Å². The van der Waals surface area contributed by atoms with Crippen LogP contribution in [0.1, 0.15) is 24.4 Å². The predicted molar refractivity (Wildman–Crippen MR) is 58.5 cm³/mol. The third-order valence-corrected chi connectivity index (χ3v) is 2.74. The maximum Gasteiger partial charge on any atom is 0.389 e. The second-order valence-electron chi connectivity index (χ2n) is 3.63. The van der Waals surface area contributed by atoms with E-state index in [1.165, 1.54) is 25.2 Å². The molecule has 1 N–H and O–H groups in total. The molecule has 1 aromatic rings. The van der Waals surface area contributed by atoms with E-state index in [9.17, 15) is 17.6 Å². The number of halogens is 5. The van der Waals surface area contributed by atoms with Crippen molar-refractivity contribution in [1.82, 2.24) is 5.32 Å². The van der Waals surface area contributed by atoms with Crippen molar-refractivity contribution in [1.29, 1.82) is 0 Å². The fourth-order valence-corrected chi connectivity index (χ4v) is 1.88. The van der Waals surface area contributed by atoms with E-state index in [1.54, 1.807) is 0 Å². The first-order chi connectivity index (χ1) is 7.85. The van der Waals surface area contributed by atoms with E-state index in [4.69, 9.17) is 11.6 Å². The topological polar surface area (TPSA) is 12.0 Å². The summed E-state index contributed by atoms with van der Waals surface area (Å²) in [6, 6.07) is 3.31. The van der Waals surface area contributed by atoms with Crippen molar-refractivity contribution in [2.45, 2.75) is 25.1 Å². The number of nitrogens with one attached hydrogen (secondary N) is 1. The molecule has 1 unspecified atom stereocenters. The van der Waals surface area contributed by atoms with E-state index < -0.39 is 24.5 Å². The number of rotatable bonds is 4. The first-order valence-corrected chi connectivity index (χ1v) is 5.41. The summed E-state index contributed by atoms with van der Waals surface area (Å²) in [5, 5.41) is 2.78. The quantitative estimate of drug-likeness (QED) is 0.812. The Morgan fingerprint density at radius 2 is 2.00 bits per heavy atom. The molecule has 0 aromatic heterocycles. The summed E-state index contributed by atoms with van der Waals surface area (Å²) < 4.78 is 49.8. The van der Waals surface area contributed by atoms with Gasteiger partial charge >= 0.3 is 6.18 Å². The first-order valence-electron chi connectivity index (χ1n) is 5.03. The zero-order valence-corrected chi connectivity index (χ0v) is 9.87. The minimum absolute atomic E-state index is 0.0842. The van der Waals surface area contributed by atoms with Crippen LogP contribution in [0.25, 0.3) is 0 Å². The number of hydrogen-bond donors (Lipinski definition) is 1. The van der Waals surface area contributed by atoms with Gasteiger partial charge in [0.25, 0.3) is 0 Å². The SMILES string of the molecule is CNC(CCC(F)(F)F)c1c(F)cccc1Cl. The summed E-state index contributed by atoms with van der Waals surface area (Å²) in [6.07, 6.45) is -5.49. The van der Waals surface area contributed by atoms with E-state index in [2.05, 4.69) is 5.32 Å². The summed E-state index contributed by atoms with van der Waals surface area (Å²) in [4.78, 5) is 0. The molecule has 0 aliphatic carbocycles. The molecule has 0 spiro atoms. The summed E-state index contributed by atoms with van der Waals surface area (Å²) in [5.41, 5.74) is 0.0842. The number of alkyl halides is 3. The Morgan fingerprint density at radius 1 is 1.35 bits per heavy atom. The second kappa shape index (κ2) is 5.69. The molecule has 0 aliphatic rings. The molecule has 0 radical (unpaired) electrons. The summed E-state index contributed by atoms with van der Waals surface area (Å²) in [6.45, 7) is 0. The lowest BCUT2D eigenvalue weighted by Crippen LogP contribution is -2.21. The van der Waals surface area contributed by atoms with Gasteiger partial charge in [-0.3, -0.25) is 0 Å². The third kappa shape index (κ3) is 4.16. The lowest BCUT2D eigenvalue weighted by Gasteiger charge is -2.19. The molecule has 1 rings (SSSR count). The van der Waals surface area contributed by atoms with Crippen LogP contribution in [-0.2, 0) is 0 Å². The first kappa shape index (κ1) is 14.3. The Morgan fingerprint density at radius 3 is 2.47 bits per heavy atom. The maximum absolute atomic E-state index is 13.5. The zero-order chi connectivity index (χ0) is 13.1. The molecule has 0 amide bonds. The van der Waals surface area contributed by atoms with Crippen molar-refractivity contribution in [3.8, 4) is 0 Å². The lowest BCUT2D eigenvalue weighted by molar-refractivity contribution is -0.136. The van der Waals surface area contributed by atoms with Crippen LogP contribution < -0.4 is 5.32 Å². The fraction of sp³-hybridized carbons (Fsp3) is 0.455. The van der Waals surface area contributed by atoms with Crippen LogP contribution in [0, 0.1) is 5.82 Å². The van der Waals surface area contributed by atoms with Gasteiger partial charge in [-0.05, 0) is 25.6 Å². The van der Waals surface area contributed by atoms with Crippen molar-refractivity contribution < 1.29 is 17.6 Å².